The molecule has 0 amide bonds. The predicted octanol–water partition coefficient (Wildman–Crippen LogP) is 2.32. The summed E-state index contributed by atoms with van der Waals surface area (Å²) in [4.78, 5) is 9.12. The molecule has 2 rings (SSSR count). The Balaban J connectivity index is 2.20. The number of sulfonamides is 1. The van der Waals surface area contributed by atoms with E-state index in [9.17, 15) is 22.9 Å². The molecule has 0 bridgehead atoms. The number of nitrogens with zero attached hydrogens (tertiary/aromatic N) is 1. The van der Waals surface area contributed by atoms with Crippen LogP contribution in [0.25, 0.3) is 0 Å². The summed E-state index contributed by atoms with van der Waals surface area (Å²) < 4.78 is 39.8. The normalized spacial score (nSPS) is 11.5. The summed E-state index contributed by atoms with van der Waals surface area (Å²) in [6, 6.07) is 4.83. The van der Waals surface area contributed by atoms with Crippen LogP contribution in [0.15, 0.2) is 39.9 Å². The highest BCUT2D eigenvalue weighted by molar-refractivity contribution is 7.89. The van der Waals surface area contributed by atoms with Gasteiger partial charge in [-0.3, -0.25) is 10.1 Å². The molecule has 112 valence electrons. The number of hydrogen-bond acceptors (Lipinski definition) is 5. The van der Waals surface area contributed by atoms with Crippen LogP contribution in [0.4, 0.5) is 10.1 Å². The lowest BCUT2D eigenvalue weighted by Gasteiger charge is -2.07. The van der Waals surface area contributed by atoms with Crippen LogP contribution in [0.2, 0.25) is 0 Å². The quantitative estimate of drug-likeness (QED) is 0.650. The summed E-state index contributed by atoms with van der Waals surface area (Å²) in [5.41, 5.74) is -0.0861. The van der Waals surface area contributed by atoms with E-state index in [2.05, 4.69) is 4.72 Å². The van der Waals surface area contributed by atoms with Gasteiger partial charge in [0.2, 0.25) is 15.8 Å². The Morgan fingerprint density at radius 1 is 1.33 bits per heavy atom. The fourth-order valence-electron chi connectivity index (χ4n) is 1.73. The molecule has 0 atom stereocenters. The first-order valence-electron chi connectivity index (χ1n) is 5.85. The number of hydrogen-bond donors (Lipinski definition) is 1. The molecule has 1 aromatic carbocycles. The number of nitrogens with one attached hydrogen (secondary N) is 1. The van der Waals surface area contributed by atoms with Crippen LogP contribution in [0.3, 0.4) is 0 Å². The van der Waals surface area contributed by atoms with E-state index in [0.29, 0.717) is 6.42 Å². The fourth-order valence-corrected chi connectivity index (χ4v) is 3.65. The zero-order valence-corrected chi connectivity index (χ0v) is 12.3. The molecule has 0 aliphatic heterocycles. The first-order chi connectivity index (χ1) is 9.92. The van der Waals surface area contributed by atoms with E-state index in [1.807, 2.05) is 16.8 Å². The lowest BCUT2D eigenvalue weighted by molar-refractivity contribution is -0.390. The number of benzene rings is 1. The van der Waals surface area contributed by atoms with E-state index in [-0.39, 0.29) is 6.54 Å². The second kappa shape index (κ2) is 6.29. The Bertz CT molecular complexity index is 745. The number of nitro benzene ring substituents is 1. The lowest BCUT2D eigenvalue weighted by atomic mass is 10.2. The average Bonchev–Trinajstić information content (AvgIpc) is 2.91. The third kappa shape index (κ3) is 3.63. The highest BCUT2D eigenvalue weighted by Crippen LogP contribution is 2.26. The van der Waals surface area contributed by atoms with Crippen molar-refractivity contribution in [2.45, 2.75) is 11.3 Å². The monoisotopic (exact) mass is 330 g/mol. The molecular formula is C12H11FN2O4S2. The fraction of sp³-hybridized carbons (Fsp3) is 0.167. The molecule has 0 unspecified atom stereocenters. The molecule has 9 heteroatoms. The summed E-state index contributed by atoms with van der Waals surface area (Å²) in [5.74, 6) is -1.18. The molecule has 6 nitrogen and oxygen atoms in total. The number of nitro groups is 1. The van der Waals surface area contributed by atoms with Gasteiger partial charge in [0, 0.05) is 6.54 Å². The maximum absolute atomic E-state index is 13.4. The van der Waals surface area contributed by atoms with E-state index in [0.717, 1.165) is 23.8 Å². The molecule has 21 heavy (non-hydrogen) atoms. The van der Waals surface area contributed by atoms with Crippen LogP contribution in [-0.2, 0) is 16.4 Å². The van der Waals surface area contributed by atoms with Gasteiger partial charge < -0.3 is 0 Å². The third-order valence-corrected chi connectivity index (χ3v) is 4.93. The SMILES string of the molecule is O=[N+]([O-])c1c(F)cccc1S(=O)(=O)NCCc1ccsc1. The molecule has 2 aromatic rings. The average molecular weight is 330 g/mol. The molecule has 0 spiro atoms. The van der Waals surface area contributed by atoms with Gasteiger partial charge in [0.1, 0.15) is 0 Å². The van der Waals surface area contributed by atoms with Crippen molar-refractivity contribution >= 4 is 27.0 Å². The Kier molecular flexibility index (Phi) is 4.66. The molecule has 1 heterocycles. The molecular weight excluding hydrogens is 319 g/mol. The van der Waals surface area contributed by atoms with Crippen molar-refractivity contribution in [1.82, 2.24) is 4.72 Å². The highest BCUT2D eigenvalue weighted by atomic mass is 32.2. The summed E-state index contributed by atoms with van der Waals surface area (Å²) >= 11 is 1.49. The minimum Gasteiger partial charge on any atom is -0.258 e. The van der Waals surface area contributed by atoms with Gasteiger partial charge in [0.15, 0.2) is 4.90 Å². The molecule has 1 aromatic heterocycles. The number of halogens is 1. The van der Waals surface area contributed by atoms with E-state index in [1.54, 1.807) is 0 Å². The Morgan fingerprint density at radius 2 is 2.10 bits per heavy atom. The maximum Gasteiger partial charge on any atom is 0.324 e. The van der Waals surface area contributed by atoms with Gasteiger partial charge in [-0.2, -0.15) is 15.7 Å². The van der Waals surface area contributed by atoms with E-state index in [4.69, 9.17) is 0 Å². The van der Waals surface area contributed by atoms with Gasteiger partial charge in [-0.25, -0.2) is 13.1 Å². The van der Waals surface area contributed by atoms with Crippen molar-refractivity contribution in [3.05, 3.63) is 56.5 Å². The molecule has 0 radical (unpaired) electrons. The smallest absolute Gasteiger partial charge is 0.258 e. The number of rotatable bonds is 6. The van der Waals surface area contributed by atoms with Gasteiger partial charge in [-0.1, -0.05) is 6.07 Å². The third-order valence-electron chi connectivity index (χ3n) is 2.71. The van der Waals surface area contributed by atoms with Crippen LogP contribution >= 0.6 is 11.3 Å². The van der Waals surface area contributed by atoms with Gasteiger partial charge in [0.05, 0.1) is 4.92 Å². The molecule has 1 N–H and O–H groups in total. The molecule has 0 fully saturated rings. The lowest BCUT2D eigenvalue weighted by Crippen LogP contribution is -2.26. The van der Waals surface area contributed by atoms with E-state index < -0.39 is 31.3 Å². The van der Waals surface area contributed by atoms with Gasteiger partial charge in [0.25, 0.3) is 0 Å². The molecule has 0 saturated carbocycles. The zero-order valence-electron chi connectivity index (χ0n) is 10.7. The summed E-state index contributed by atoms with van der Waals surface area (Å²) in [6.45, 7) is 0.0761. The second-order valence-electron chi connectivity index (χ2n) is 4.12. The molecule has 0 saturated heterocycles. The van der Waals surface area contributed by atoms with Crippen LogP contribution < -0.4 is 4.72 Å². The summed E-state index contributed by atoms with van der Waals surface area (Å²) in [7, 11) is -4.14. The van der Waals surface area contributed by atoms with Crippen LogP contribution in [0.1, 0.15) is 5.56 Å². The van der Waals surface area contributed by atoms with Crippen molar-refractivity contribution in [2.75, 3.05) is 6.54 Å². The molecule has 0 aliphatic rings. The first kappa shape index (κ1) is 15.5. The Morgan fingerprint density at radius 3 is 2.71 bits per heavy atom. The van der Waals surface area contributed by atoms with Gasteiger partial charge >= 0.3 is 5.69 Å². The number of thiophene rings is 1. The van der Waals surface area contributed by atoms with Crippen molar-refractivity contribution in [3.63, 3.8) is 0 Å². The topological polar surface area (TPSA) is 89.3 Å². The maximum atomic E-state index is 13.4. The van der Waals surface area contributed by atoms with E-state index in [1.165, 1.54) is 11.3 Å². The Hall–Kier alpha value is -1.84. The summed E-state index contributed by atoms with van der Waals surface area (Å²) in [6.07, 6.45) is 0.450. The van der Waals surface area contributed by atoms with Crippen LogP contribution in [0.5, 0.6) is 0 Å². The highest BCUT2D eigenvalue weighted by Gasteiger charge is 2.28. The summed E-state index contributed by atoms with van der Waals surface area (Å²) in [5, 5.41) is 14.6. The van der Waals surface area contributed by atoms with Crippen molar-refractivity contribution in [1.29, 1.82) is 0 Å². The molecule has 0 aliphatic carbocycles. The zero-order chi connectivity index (χ0) is 15.5. The minimum atomic E-state index is -4.14. The van der Waals surface area contributed by atoms with E-state index >= 15 is 0 Å². The minimum absolute atomic E-state index is 0.0761. The van der Waals surface area contributed by atoms with Crippen LogP contribution in [-0.4, -0.2) is 19.9 Å². The second-order valence-corrected chi connectivity index (χ2v) is 6.64. The van der Waals surface area contributed by atoms with Gasteiger partial charge in [-0.05, 0) is 40.9 Å². The Labute approximate surface area is 124 Å². The number of para-hydroxylation sites is 1. The van der Waals surface area contributed by atoms with Crippen molar-refractivity contribution in [3.8, 4) is 0 Å². The van der Waals surface area contributed by atoms with Gasteiger partial charge in [-0.15, -0.1) is 0 Å². The standard InChI is InChI=1S/C12H11FN2O4S2/c13-10-2-1-3-11(12(10)15(16)17)21(18,19)14-6-4-9-5-7-20-8-9/h1-3,5,7-8,14H,4,6H2. The first-order valence-corrected chi connectivity index (χ1v) is 8.28. The predicted molar refractivity (Wildman–Crippen MR) is 76.3 cm³/mol. The van der Waals surface area contributed by atoms with Crippen molar-refractivity contribution in [2.24, 2.45) is 0 Å². The van der Waals surface area contributed by atoms with Crippen LogP contribution in [0, 0.1) is 15.9 Å². The largest absolute Gasteiger partial charge is 0.324 e. The van der Waals surface area contributed by atoms with Crippen molar-refractivity contribution < 1.29 is 17.7 Å².